The summed E-state index contributed by atoms with van der Waals surface area (Å²) < 4.78 is 20.0. The Hall–Kier alpha value is -0.620. The molecule has 6 nitrogen and oxygen atoms in total. The molecular formula is C12H14NaO6P. The normalized spacial score (nSPS) is 12.8. The van der Waals surface area contributed by atoms with E-state index >= 15 is 0 Å². The molecule has 0 fully saturated rings. The second-order valence-corrected chi connectivity index (χ2v) is 4.95. The summed E-state index contributed by atoms with van der Waals surface area (Å²) in [5.74, 6) is -0.509. The molecule has 0 spiro atoms. The summed E-state index contributed by atoms with van der Waals surface area (Å²) >= 11 is 0. The average Bonchev–Trinajstić information content (AvgIpc) is 2.29. The third kappa shape index (κ3) is 7.24. The fourth-order valence-corrected chi connectivity index (χ4v) is 1.73. The standard InChI is InChI=1S/C12H15O6P.Na/c1-9(2)12(13)17-8-7-10-5-3-4-6-11(10)18-19(14,15)16;/h3-6H,1,7-8H2,2H3,(H2,14,15,16);/q;+1/p-1. The smallest absolute Gasteiger partial charge is 0.746 e. The summed E-state index contributed by atoms with van der Waals surface area (Å²) in [6, 6.07) is 6.25. The maximum Gasteiger partial charge on any atom is 1.00 e. The van der Waals surface area contributed by atoms with Crippen LogP contribution in [0.3, 0.4) is 0 Å². The molecule has 1 aromatic carbocycles. The molecule has 20 heavy (non-hydrogen) atoms. The van der Waals surface area contributed by atoms with Gasteiger partial charge in [0.1, 0.15) is 5.75 Å². The van der Waals surface area contributed by atoms with Crippen molar-refractivity contribution in [3.05, 3.63) is 42.0 Å². The Morgan fingerprint density at radius 3 is 2.60 bits per heavy atom. The Morgan fingerprint density at radius 2 is 2.05 bits per heavy atom. The van der Waals surface area contributed by atoms with Gasteiger partial charge in [0.2, 0.25) is 0 Å². The van der Waals surface area contributed by atoms with Crippen molar-refractivity contribution in [1.82, 2.24) is 0 Å². The monoisotopic (exact) mass is 308 g/mol. The fourth-order valence-electron chi connectivity index (χ4n) is 1.30. The van der Waals surface area contributed by atoms with Crippen LogP contribution >= 0.6 is 7.82 Å². The Bertz CT molecular complexity index is 524. The maximum absolute atomic E-state index is 11.2. The molecule has 1 N–H and O–H groups in total. The van der Waals surface area contributed by atoms with E-state index in [1.54, 1.807) is 18.2 Å². The van der Waals surface area contributed by atoms with E-state index in [1.165, 1.54) is 13.0 Å². The zero-order valence-electron chi connectivity index (χ0n) is 11.4. The Balaban J connectivity index is 0.00000361. The minimum absolute atomic E-state index is 0. The Labute approximate surface area is 139 Å². The van der Waals surface area contributed by atoms with Crippen LogP contribution in [0.25, 0.3) is 0 Å². The van der Waals surface area contributed by atoms with Crippen molar-refractivity contribution in [3.8, 4) is 5.75 Å². The van der Waals surface area contributed by atoms with Gasteiger partial charge in [-0.15, -0.1) is 0 Å². The van der Waals surface area contributed by atoms with Gasteiger partial charge < -0.3 is 19.0 Å². The van der Waals surface area contributed by atoms with Crippen molar-refractivity contribution in [3.63, 3.8) is 0 Å². The molecule has 1 aromatic rings. The number of hydrogen-bond acceptors (Lipinski definition) is 5. The van der Waals surface area contributed by atoms with Crippen LogP contribution in [0.1, 0.15) is 12.5 Å². The molecule has 0 saturated heterocycles. The SMILES string of the molecule is C=C(C)C(=O)OCCc1ccccc1OP(=O)([O-])O.[Na+]. The first-order chi connectivity index (χ1) is 8.79. The molecule has 0 amide bonds. The average molecular weight is 308 g/mol. The molecule has 1 unspecified atom stereocenters. The number of phosphoric ester groups is 1. The van der Waals surface area contributed by atoms with Gasteiger partial charge in [-0.05, 0) is 18.6 Å². The van der Waals surface area contributed by atoms with Crippen molar-refractivity contribution >= 4 is 13.8 Å². The largest absolute Gasteiger partial charge is 1.00 e. The predicted octanol–water partition coefficient (Wildman–Crippen LogP) is -1.81. The van der Waals surface area contributed by atoms with Crippen LogP contribution < -0.4 is 39.0 Å². The number of para-hydroxylation sites is 1. The fraction of sp³-hybridized carbons (Fsp3) is 0.250. The summed E-state index contributed by atoms with van der Waals surface area (Å²) in [5, 5.41) is 0. The molecule has 0 heterocycles. The summed E-state index contributed by atoms with van der Waals surface area (Å²) in [4.78, 5) is 30.5. The molecule has 0 saturated carbocycles. The van der Waals surface area contributed by atoms with Crippen molar-refractivity contribution in [2.45, 2.75) is 13.3 Å². The van der Waals surface area contributed by atoms with Crippen LogP contribution in [0.4, 0.5) is 0 Å². The molecule has 1 rings (SSSR count). The van der Waals surface area contributed by atoms with E-state index in [4.69, 9.17) is 9.63 Å². The summed E-state index contributed by atoms with van der Waals surface area (Å²) in [6.07, 6.45) is 0.259. The second-order valence-electron chi connectivity index (χ2n) is 3.83. The third-order valence-electron chi connectivity index (χ3n) is 2.14. The number of rotatable bonds is 6. The number of carbonyl (C=O) groups excluding carboxylic acids is 1. The molecular weight excluding hydrogens is 294 g/mol. The van der Waals surface area contributed by atoms with Gasteiger partial charge in [-0.25, -0.2) is 4.79 Å². The Morgan fingerprint density at radius 1 is 1.45 bits per heavy atom. The second kappa shape index (κ2) is 8.62. The van der Waals surface area contributed by atoms with E-state index < -0.39 is 13.8 Å². The number of hydrogen-bond donors (Lipinski definition) is 1. The summed E-state index contributed by atoms with van der Waals surface area (Å²) in [7, 11) is -4.85. The number of carbonyl (C=O) groups is 1. The minimum atomic E-state index is -4.85. The van der Waals surface area contributed by atoms with Crippen molar-refractivity contribution in [2.75, 3.05) is 6.61 Å². The summed E-state index contributed by atoms with van der Waals surface area (Å²) in [6.45, 7) is 5.02. The molecule has 1 atom stereocenters. The van der Waals surface area contributed by atoms with Crippen LogP contribution in [0.2, 0.25) is 0 Å². The molecule has 0 aromatic heterocycles. The van der Waals surface area contributed by atoms with E-state index in [2.05, 4.69) is 11.1 Å². The van der Waals surface area contributed by atoms with Crippen LogP contribution in [0.15, 0.2) is 36.4 Å². The summed E-state index contributed by atoms with van der Waals surface area (Å²) in [5.41, 5.74) is 0.783. The minimum Gasteiger partial charge on any atom is -0.746 e. The van der Waals surface area contributed by atoms with E-state index in [0.29, 0.717) is 5.56 Å². The first-order valence-electron chi connectivity index (χ1n) is 5.43. The number of ether oxygens (including phenoxy) is 1. The van der Waals surface area contributed by atoms with Gasteiger partial charge in [-0.1, -0.05) is 24.8 Å². The van der Waals surface area contributed by atoms with Crippen LogP contribution in [-0.2, 0) is 20.5 Å². The van der Waals surface area contributed by atoms with Gasteiger partial charge in [0.25, 0.3) is 0 Å². The number of phosphoric acid groups is 1. The van der Waals surface area contributed by atoms with E-state index in [0.717, 1.165) is 0 Å². The van der Waals surface area contributed by atoms with Crippen molar-refractivity contribution < 1.29 is 58.0 Å². The van der Waals surface area contributed by atoms with Crippen LogP contribution in [0.5, 0.6) is 5.75 Å². The van der Waals surface area contributed by atoms with Crippen LogP contribution in [-0.4, -0.2) is 17.5 Å². The molecule has 104 valence electrons. The molecule has 8 heteroatoms. The topological polar surface area (TPSA) is 95.9 Å². The van der Waals surface area contributed by atoms with Gasteiger partial charge in [0, 0.05) is 12.0 Å². The molecule has 0 aliphatic heterocycles. The van der Waals surface area contributed by atoms with Gasteiger partial charge in [-0.3, -0.25) is 4.57 Å². The predicted molar refractivity (Wildman–Crippen MR) is 66.4 cm³/mol. The van der Waals surface area contributed by atoms with Gasteiger partial charge >= 0.3 is 43.3 Å². The molecule has 0 aliphatic carbocycles. The molecule has 0 aliphatic rings. The zero-order chi connectivity index (χ0) is 14.5. The van der Waals surface area contributed by atoms with Crippen molar-refractivity contribution in [1.29, 1.82) is 0 Å². The van der Waals surface area contributed by atoms with Gasteiger partial charge in [0.15, 0.2) is 0 Å². The first-order valence-corrected chi connectivity index (χ1v) is 6.93. The first kappa shape index (κ1) is 19.4. The quantitative estimate of drug-likeness (QED) is 0.288. The molecule has 0 bridgehead atoms. The Kier molecular flexibility index (Phi) is 8.35. The van der Waals surface area contributed by atoms with Crippen LogP contribution in [0, 0.1) is 0 Å². The van der Waals surface area contributed by atoms with E-state index in [1.807, 2.05) is 0 Å². The third-order valence-corrected chi connectivity index (χ3v) is 2.57. The molecule has 0 radical (unpaired) electrons. The van der Waals surface area contributed by atoms with E-state index in [-0.39, 0.29) is 53.9 Å². The van der Waals surface area contributed by atoms with Gasteiger partial charge in [0.05, 0.1) is 6.61 Å². The zero-order valence-corrected chi connectivity index (χ0v) is 14.3. The van der Waals surface area contributed by atoms with E-state index in [9.17, 15) is 14.3 Å². The number of esters is 1. The van der Waals surface area contributed by atoms with Crippen molar-refractivity contribution in [2.24, 2.45) is 0 Å². The maximum atomic E-state index is 11.2. The van der Waals surface area contributed by atoms with Gasteiger partial charge in [-0.2, -0.15) is 0 Å². The number of benzene rings is 1.